The molecule has 0 atom stereocenters. The molecule has 0 saturated heterocycles. The van der Waals surface area contributed by atoms with Gasteiger partial charge in [0.25, 0.3) is 0 Å². The molecule has 2 heterocycles. The molecule has 1 amide bonds. The second-order valence-electron chi connectivity index (χ2n) is 4.39. The molecule has 0 aliphatic rings. The number of nitrogen functional groups attached to an aromatic ring is 1. The van der Waals surface area contributed by atoms with Gasteiger partial charge in [0, 0.05) is 23.5 Å². The zero-order chi connectivity index (χ0) is 14.8. The molecule has 3 rings (SSSR count). The average Bonchev–Trinajstić information content (AvgIpc) is 2.90. The number of hydrogen-bond acceptors (Lipinski definition) is 5. The molecule has 0 aliphatic heterocycles. The van der Waals surface area contributed by atoms with E-state index in [0.717, 1.165) is 5.56 Å². The highest BCUT2D eigenvalue weighted by molar-refractivity contribution is 5.92. The monoisotopic (exact) mass is 280 g/mol. The Kier molecular flexibility index (Phi) is 3.07. The van der Waals surface area contributed by atoms with Crippen LogP contribution >= 0.6 is 0 Å². The van der Waals surface area contributed by atoms with Gasteiger partial charge in [-0.15, -0.1) is 5.10 Å². The largest absolute Gasteiger partial charge is 0.382 e. The first kappa shape index (κ1) is 12.8. The van der Waals surface area contributed by atoms with Crippen molar-refractivity contribution in [1.82, 2.24) is 20.0 Å². The summed E-state index contributed by atoms with van der Waals surface area (Å²) < 4.78 is 1.49. The number of anilines is 1. The van der Waals surface area contributed by atoms with Gasteiger partial charge in [0.2, 0.25) is 5.91 Å². The van der Waals surface area contributed by atoms with Gasteiger partial charge < -0.3 is 11.5 Å². The van der Waals surface area contributed by atoms with Gasteiger partial charge in [0.15, 0.2) is 5.82 Å². The van der Waals surface area contributed by atoms with Crippen LogP contribution in [0.3, 0.4) is 0 Å². The number of hydrogen-bond donors (Lipinski definition) is 2. The zero-order valence-electron chi connectivity index (χ0n) is 11.0. The quantitative estimate of drug-likeness (QED) is 0.743. The fourth-order valence-corrected chi connectivity index (χ4v) is 1.96. The van der Waals surface area contributed by atoms with Crippen LogP contribution in [0.15, 0.2) is 48.8 Å². The molecular formula is C14H12N6O. The van der Waals surface area contributed by atoms with Crippen molar-refractivity contribution in [2.75, 3.05) is 5.73 Å². The third-order valence-corrected chi connectivity index (χ3v) is 3.04. The molecule has 1 aromatic carbocycles. The van der Waals surface area contributed by atoms with Gasteiger partial charge in [-0.25, -0.2) is 0 Å². The number of benzene rings is 1. The van der Waals surface area contributed by atoms with Crippen molar-refractivity contribution in [3.63, 3.8) is 0 Å². The minimum absolute atomic E-state index is 0.398. The molecule has 7 heteroatoms. The van der Waals surface area contributed by atoms with Crippen molar-refractivity contribution in [3.05, 3.63) is 54.4 Å². The van der Waals surface area contributed by atoms with Crippen LogP contribution in [0.2, 0.25) is 0 Å². The van der Waals surface area contributed by atoms with Gasteiger partial charge in [-0.3, -0.25) is 9.78 Å². The molecule has 0 bridgehead atoms. The minimum Gasteiger partial charge on any atom is -0.382 e. The Morgan fingerprint density at radius 3 is 2.52 bits per heavy atom. The molecule has 7 nitrogen and oxygen atoms in total. The number of carbonyl (C=O) groups excluding carboxylic acids is 1. The summed E-state index contributed by atoms with van der Waals surface area (Å²) in [6.07, 6.45) is 3.34. The minimum atomic E-state index is -0.482. The van der Waals surface area contributed by atoms with Crippen molar-refractivity contribution >= 4 is 11.7 Å². The van der Waals surface area contributed by atoms with Crippen LogP contribution in [0.1, 0.15) is 10.4 Å². The summed E-state index contributed by atoms with van der Waals surface area (Å²) >= 11 is 0. The lowest BCUT2D eigenvalue weighted by molar-refractivity contribution is 0.100. The summed E-state index contributed by atoms with van der Waals surface area (Å²) in [5.74, 6) is -0.0843. The number of rotatable bonds is 3. The first-order valence-electron chi connectivity index (χ1n) is 6.18. The summed E-state index contributed by atoms with van der Waals surface area (Å²) in [4.78, 5) is 15.1. The summed E-state index contributed by atoms with van der Waals surface area (Å²) in [6, 6.07) is 10.3. The smallest absolute Gasteiger partial charge is 0.248 e. The van der Waals surface area contributed by atoms with E-state index in [0.29, 0.717) is 22.8 Å². The molecule has 2 aromatic heterocycles. The number of nitrogens with two attached hydrogens (primary N) is 2. The van der Waals surface area contributed by atoms with Crippen molar-refractivity contribution < 1.29 is 4.79 Å². The Balaban J connectivity index is 2.01. The van der Waals surface area contributed by atoms with Crippen LogP contribution in [0, 0.1) is 0 Å². The molecule has 0 spiro atoms. The third kappa shape index (κ3) is 2.32. The highest BCUT2D eigenvalue weighted by Gasteiger charge is 2.13. The molecule has 0 unspecified atom stereocenters. The fraction of sp³-hybridized carbons (Fsp3) is 0. The fourth-order valence-electron chi connectivity index (χ4n) is 1.96. The van der Waals surface area contributed by atoms with Crippen LogP contribution in [0.25, 0.3) is 16.9 Å². The van der Waals surface area contributed by atoms with Crippen molar-refractivity contribution in [1.29, 1.82) is 0 Å². The maximum Gasteiger partial charge on any atom is 0.248 e. The molecule has 0 saturated carbocycles. The highest BCUT2D eigenvalue weighted by atomic mass is 16.1. The van der Waals surface area contributed by atoms with Crippen molar-refractivity contribution in [2.45, 2.75) is 0 Å². The predicted molar refractivity (Wildman–Crippen MR) is 77.5 cm³/mol. The summed E-state index contributed by atoms with van der Waals surface area (Å²) in [7, 11) is 0. The topological polar surface area (TPSA) is 113 Å². The second kappa shape index (κ2) is 5.04. The number of aromatic nitrogens is 4. The number of nitrogens with zero attached hydrogens (tertiary/aromatic N) is 4. The number of amides is 1. The van der Waals surface area contributed by atoms with Gasteiger partial charge in [0.1, 0.15) is 5.69 Å². The van der Waals surface area contributed by atoms with Gasteiger partial charge in [0.05, 0.1) is 5.69 Å². The predicted octanol–water partition coefficient (Wildman–Crippen LogP) is 1.01. The maximum absolute atomic E-state index is 11.1. The SMILES string of the molecule is NC(=O)c1ccc(-n2nnc(-c3cccnc3)c2N)cc1. The van der Waals surface area contributed by atoms with E-state index >= 15 is 0 Å². The normalized spacial score (nSPS) is 10.5. The van der Waals surface area contributed by atoms with Crippen LogP contribution in [0.5, 0.6) is 0 Å². The van der Waals surface area contributed by atoms with Gasteiger partial charge in [-0.05, 0) is 36.4 Å². The van der Waals surface area contributed by atoms with E-state index in [1.807, 2.05) is 6.07 Å². The van der Waals surface area contributed by atoms with E-state index in [1.165, 1.54) is 4.68 Å². The first-order valence-corrected chi connectivity index (χ1v) is 6.18. The molecule has 3 aromatic rings. The van der Waals surface area contributed by atoms with E-state index in [1.54, 1.807) is 42.7 Å². The third-order valence-electron chi connectivity index (χ3n) is 3.04. The second-order valence-corrected chi connectivity index (χ2v) is 4.39. The summed E-state index contributed by atoms with van der Waals surface area (Å²) in [5.41, 5.74) is 13.8. The van der Waals surface area contributed by atoms with Gasteiger partial charge in [-0.1, -0.05) is 5.21 Å². The Morgan fingerprint density at radius 2 is 1.90 bits per heavy atom. The van der Waals surface area contributed by atoms with Crippen LogP contribution in [-0.2, 0) is 0 Å². The maximum atomic E-state index is 11.1. The Morgan fingerprint density at radius 1 is 1.14 bits per heavy atom. The van der Waals surface area contributed by atoms with Crippen LogP contribution in [0.4, 0.5) is 5.82 Å². The lowest BCUT2D eigenvalue weighted by Crippen LogP contribution is -2.11. The lowest BCUT2D eigenvalue weighted by atomic mass is 10.2. The molecule has 0 fully saturated rings. The molecular weight excluding hydrogens is 268 g/mol. The molecule has 0 aliphatic carbocycles. The molecule has 4 N–H and O–H groups in total. The van der Waals surface area contributed by atoms with E-state index < -0.39 is 5.91 Å². The van der Waals surface area contributed by atoms with Crippen LogP contribution in [-0.4, -0.2) is 25.9 Å². The molecule has 0 radical (unpaired) electrons. The van der Waals surface area contributed by atoms with Gasteiger partial charge >= 0.3 is 0 Å². The number of primary amides is 1. The standard InChI is InChI=1S/C14H12N6O/c15-13-12(10-2-1-7-17-8-10)18-19-20(13)11-5-3-9(4-6-11)14(16)21/h1-8H,15H2,(H2,16,21). The van der Waals surface area contributed by atoms with E-state index in [9.17, 15) is 4.79 Å². The number of pyridine rings is 1. The molecule has 21 heavy (non-hydrogen) atoms. The highest BCUT2D eigenvalue weighted by Crippen LogP contribution is 2.24. The summed E-state index contributed by atoms with van der Waals surface area (Å²) in [6.45, 7) is 0. The van der Waals surface area contributed by atoms with Crippen molar-refractivity contribution in [3.8, 4) is 16.9 Å². The van der Waals surface area contributed by atoms with E-state index in [2.05, 4.69) is 15.3 Å². The Hall–Kier alpha value is -3.22. The van der Waals surface area contributed by atoms with Gasteiger partial charge in [-0.2, -0.15) is 4.68 Å². The van der Waals surface area contributed by atoms with E-state index in [-0.39, 0.29) is 0 Å². The van der Waals surface area contributed by atoms with E-state index in [4.69, 9.17) is 11.5 Å². The average molecular weight is 280 g/mol. The lowest BCUT2D eigenvalue weighted by Gasteiger charge is -2.04. The Bertz CT molecular complexity index is 779. The number of carbonyl (C=O) groups is 1. The first-order chi connectivity index (χ1) is 10.2. The molecule has 104 valence electrons. The Labute approximate surface area is 120 Å². The zero-order valence-corrected chi connectivity index (χ0v) is 11.0. The van der Waals surface area contributed by atoms with Crippen LogP contribution < -0.4 is 11.5 Å². The van der Waals surface area contributed by atoms with Crippen molar-refractivity contribution in [2.24, 2.45) is 5.73 Å². The summed E-state index contributed by atoms with van der Waals surface area (Å²) in [5, 5.41) is 8.11.